The van der Waals surface area contributed by atoms with Crippen molar-refractivity contribution in [1.82, 2.24) is 0 Å². The first-order chi connectivity index (χ1) is 40.6. The quantitative estimate of drug-likeness (QED) is 0.0211. The molecular weight excluding hydrogens is 1030 g/mol. The number of unbranched alkanes of at least 4 members (excludes halogenated alkanes) is 8. The van der Waals surface area contributed by atoms with Crippen LogP contribution in [0.25, 0.3) is 0 Å². The molecule has 0 amide bonds. The van der Waals surface area contributed by atoms with Crippen LogP contribution in [0.1, 0.15) is 194 Å². The van der Waals surface area contributed by atoms with E-state index in [4.69, 9.17) is 18.9 Å². The van der Waals surface area contributed by atoms with Crippen molar-refractivity contribution < 1.29 is 42.9 Å². The van der Waals surface area contributed by atoms with Crippen molar-refractivity contribution in [2.75, 3.05) is 47.5 Å². The number of carboxylic acids is 1. The standard InChI is InChI=1S/C74H113NO8/c1-6-8-10-12-14-16-18-20-22-24-26-28-30-32-34-35-36-37-39-41-43-45-47-49-51-53-55-57-59-61-63-65-72(77)83-70(69-82-74(73(78)79)80-67-66-75(3,4)5)68-81-71(76)64-62-60-58-56-54-52-50-48-46-44-42-40-38-33-31-29-27-25-23-21-19-17-15-13-11-9-7-2/h8-11,14-17,20-23,26-29,32-34,36-38,41-44,47-50,53,55,70,74H,6-7,12-13,18-19,24-25,30-31,35,39-40,45-46,51-52,54,56-69H2,1-5H3/p+1/b10-8-,11-9-,16-14-,17-15-,22-20-,23-21-,28-26-,29-27-,34-32-,37-36-,38-33-,43-41-,44-42-,49-47-,50-48-,55-53-. The lowest BCUT2D eigenvalue weighted by Crippen LogP contribution is -2.40. The van der Waals surface area contributed by atoms with E-state index >= 15 is 0 Å². The Kier molecular flexibility index (Phi) is 57.8. The maximum absolute atomic E-state index is 12.9. The van der Waals surface area contributed by atoms with Crippen LogP contribution in [0.15, 0.2) is 194 Å². The highest BCUT2D eigenvalue weighted by Gasteiger charge is 2.25. The number of esters is 2. The summed E-state index contributed by atoms with van der Waals surface area (Å²) < 4.78 is 22.8. The first-order valence-corrected chi connectivity index (χ1v) is 31.6. The van der Waals surface area contributed by atoms with Gasteiger partial charge < -0.3 is 28.5 Å². The van der Waals surface area contributed by atoms with Crippen LogP contribution in [0.3, 0.4) is 0 Å². The Labute approximate surface area is 506 Å². The summed E-state index contributed by atoms with van der Waals surface area (Å²) in [4.78, 5) is 37.5. The second-order valence-corrected chi connectivity index (χ2v) is 21.2. The highest BCUT2D eigenvalue weighted by Crippen LogP contribution is 2.12. The van der Waals surface area contributed by atoms with Crippen molar-refractivity contribution in [2.45, 2.75) is 206 Å². The minimum Gasteiger partial charge on any atom is -0.477 e. The Morgan fingerprint density at radius 1 is 0.361 bits per heavy atom. The zero-order chi connectivity index (χ0) is 60.5. The third-order valence-electron chi connectivity index (χ3n) is 12.3. The number of rotatable bonds is 55. The monoisotopic (exact) mass is 1140 g/mol. The normalized spacial score (nSPS) is 14.1. The maximum Gasteiger partial charge on any atom is 0.361 e. The second-order valence-electron chi connectivity index (χ2n) is 21.2. The molecule has 0 heterocycles. The SMILES string of the molecule is CC/C=C\C/C=C\C/C=C\C/C=C\C/C=C\C/C=C\C/C=C\C/C=C\C/C=C\CCCCCC(=O)OC(COC(=O)CCCCCCC/C=C\C/C=C\C/C=C\C/C=C\C/C=C\C/C=C\C/C=C\CC)COC(OCC[N+](C)(C)C)C(=O)O. The van der Waals surface area contributed by atoms with E-state index in [1.807, 2.05) is 21.1 Å². The molecule has 0 saturated carbocycles. The topological polar surface area (TPSA) is 108 Å². The fourth-order valence-corrected chi connectivity index (χ4v) is 7.57. The fourth-order valence-electron chi connectivity index (χ4n) is 7.57. The number of quaternary nitrogens is 1. The molecule has 0 saturated heterocycles. The molecule has 0 aliphatic heterocycles. The molecule has 0 aliphatic rings. The molecule has 1 N–H and O–H groups in total. The van der Waals surface area contributed by atoms with E-state index < -0.39 is 24.3 Å². The Morgan fingerprint density at radius 3 is 0.976 bits per heavy atom. The summed E-state index contributed by atoms with van der Waals surface area (Å²) in [5.41, 5.74) is 0. The van der Waals surface area contributed by atoms with Crippen molar-refractivity contribution in [3.63, 3.8) is 0 Å². The summed E-state index contributed by atoms with van der Waals surface area (Å²) in [5, 5.41) is 9.73. The Bertz CT molecular complexity index is 2060. The molecule has 0 rings (SSSR count). The van der Waals surface area contributed by atoms with Gasteiger partial charge in [0, 0.05) is 12.8 Å². The predicted octanol–water partition coefficient (Wildman–Crippen LogP) is 19.5. The average Bonchev–Trinajstić information content (AvgIpc) is 3.46. The van der Waals surface area contributed by atoms with E-state index in [0.717, 1.165) is 154 Å². The van der Waals surface area contributed by atoms with Gasteiger partial charge in [-0.2, -0.15) is 0 Å². The molecule has 9 heteroatoms. The lowest BCUT2D eigenvalue weighted by Gasteiger charge is -2.25. The van der Waals surface area contributed by atoms with Gasteiger partial charge in [0.05, 0.1) is 34.4 Å². The molecule has 0 aromatic heterocycles. The van der Waals surface area contributed by atoms with Crippen molar-refractivity contribution in [3.05, 3.63) is 194 Å². The first-order valence-electron chi connectivity index (χ1n) is 31.6. The maximum atomic E-state index is 12.9. The van der Waals surface area contributed by atoms with E-state index in [1.54, 1.807) is 0 Å². The molecule has 0 aromatic carbocycles. The lowest BCUT2D eigenvalue weighted by atomic mass is 10.1. The zero-order valence-corrected chi connectivity index (χ0v) is 52.5. The molecule has 0 fully saturated rings. The molecular formula is C74H114NO8+. The molecule has 83 heavy (non-hydrogen) atoms. The van der Waals surface area contributed by atoms with Gasteiger partial charge >= 0.3 is 17.9 Å². The molecule has 0 bridgehead atoms. The van der Waals surface area contributed by atoms with Crippen LogP contribution in [-0.2, 0) is 33.3 Å². The summed E-state index contributed by atoms with van der Waals surface area (Å²) >= 11 is 0. The largest absolute Gasteiger partial charge is 0.477 e. The summed E-state index contributed by atoms with van der Waals surface area (Å²) in [7, 11) is 5.93. The van der Waals surface area contributed by atoms with Gasteiger partial charge in [0.2, 0.25) is 0 Å². The van der Waals surface area contributed by atoms with Gasteiger partial charge in [0.1, 0.15) is 13.2 Å². The van der Waals surface area contributed by atoms with Crippen molar-refractivity contribution >= 4 is 17.9 Å². The van der Waals surface area contributed by atoms with E-state index in [9.17, 15) is 19.5 Å². The molecule has 0 aliphatic carbocycles. The molecule has 2 unspecified atom stereocenters. The summed E-state index contributed by atoms with van der Waals surface area (Å²) in [6.07, 6.45) is 93.7. The van der Waals surface area contributed by atoms with Crippen LogP contribution in [0, 0.1) is 0 Å². The highest BCUT2D eigenvalue weighted by molar-refractivity contribution is 5.71. The van der Waals surface area contributed by atoms with E-state index in [1.165, 1.54) is 0 Å². The van der Waals surface area contributed by atoms with Gasteiger partial charge in [-0.1, -0.05) is 234 Å². The lowest BCUT2D eigenvalue weighted by molar-refractivity contribution is -0.870. The molecule has 0 spiro atoms. The van der Waals surface area contributed by atoms with Crippen molar-refractivity contribution in [2.24, 2.45) is 0 Å². The van der Waals surface area contributed by atoms with Crippen LogP contribution in [0.4, 0.5) is 0 Å². The highest BCUT2D eigenvalue weighted by atomic mass is 16.7. The molecule has 2 atom stereocenters. The minimum atomic E-state index is -1.54. The smallest absolute Gasteiger partial charge is 0.361 e. The van der Waals surface area contributed by atoms with Gasteiger partial charge in [-0.3, -0.25) is 9.59 Å². The summed E-state index contributed by atoms with van der Waals surface area (Å²) in [6, 6.07) is 0. The molecule has 9 nitrogen and oxygen atoms in total. The number of hydrogen-bond acceptors (Lipinski definition) is 7. The number of ether oxygens (including phenoxy) is 4. The van der Waals surface area contributed by atoms with Gasteiger partial charge in [0.25, 0.3) is 6.29 Å². The first kappa shape index (κ1) is 77.1. The fraction of sp³-hybridized carbons (Fsp3) is 0.527. The molecule has 0 aromatic rings. The van der Waals surface area contributed by atoms with Crippen LogP contribution >= 0.6 is 0 Å². The van der Waals surface area contributed by atoms with Crippen LogP contribution in [-0.4, -0.2) is 87.4 Å². The van der Waals surface area contributed by atoms with E-state index in [2.05, 4.69) is 208 Å². The number of likely N-dealkylation sites (N-methyl/N-ethyl adjacent to an activating group) is 1. The third kappa shape index (κ3) is 63.6. The number of carbonyl (C=O) groups excluding carboxylic acids is 2. The number of aliphatic carboxylic acids is 1. The van der Waals surface area contributed by atoms with Gasteiger partial charge in [-0.15, -0.1) is 0 Å². The van der Waals surface area contributed by atoms with Crippen LogP contribution in [0.5, 0.6) is 0 Å². The number of hydrogen-bond donors (Lipinski definition) is 1. The number of carboxylic acid groups (broad SMARTS) is 1. The Morgan fingerprint density at radius 2 is 0.651 bits per heavy atom. The van der Waals surface area contributed by atoms with Crippen molar-refractivity contribution in [3.8, 4) is 0 Å². The van der Waals surface area contributed by atoms with Gasteiger partial charge in [0.15, 0.2) is 6.10 Å². The van der Waals surface area contributed by atoms with Crippen LogP contribution < -0.4 is 0 Å². The number of allylic oxidation sites excluding steroid dienone is 32. The van der Waals surface area contributed by atoms with Crippen molar-refractivity contribution in [1.29, 1.82) is 0 Å². The van der Waals surface area contributed by atoms with E-state index in [0.29, 0.717) is 23.9 Å². The summed E-state index contributed by atoms with van der Waals surface area (Å²) in [6.45, 7) is 4.55. The number of carbonyl (C=O) groups is 3. The summed E-state index contributed by atoms with van der Waals surface area (Å²) in [5.74, 6) is -2.11. The third-order valence-corrected chi connectivity index (χ3v) is 12.3. The van der Waals surface area contributed by atoms with Gasteiger partial charge in [-0.05, 0) is 141 Å². The predicted molar refractivity (Wildman–Crippen MR) is 354 cm³/mol. The zero-order valence-electron chi connectivity index (χ0n) is 52.5. The molecule has 0 radical (unpaired) electrons. The Balaban J connectivity index is 4.40. The Hall–Kier alpha value is -5.87. The minimum absolute atomic E-state index is 0.165. The average molecular weight is 1150 g/mol. The number of nitrogens with zero attached hydrogens (tertiary/aromatic N) is 1. The molecule has 462 valence electrons. The van der Waals surface area contributed by atoms with Crippen LogP contribution in [0.2, 0.25) is 0 Å². The van der Waals surface area contributed by atoms with E-state index in [-0.39, 0.29) is 38.6 Å². The second kappa shape index (κ2) is 62.2. The van der Waals surface area contributed by atoms with Gasteiger partial charge in [-0.25, -0.2) is 4.79 Å².